The number of piperidine rings is 1. The van der Waals surface area contributed by atoms with E-state index in [-0.39, 0.29) is 47.6 Å². The normalized spacial score (nSPS) is 13.9. The van der Waals surface area contributed by atoms with Crippen LogP contribution in [0.25, 0.3) is 17.1 Å². The molecule has 0 bridgehead atoms. The molecule has 18 nitrogen and oxygen atoms in total. The summed E-state index contributed by atoms with van der Waals surface area (Å²) in [4.78, 5) is 54.2. The monoisotopic (exact) mass is 898 g/mol. The van der Waals surface area contributed by atoms with Gasteiger partial charge in [0.05, 0.1) is 54.2 Å². The number of anilines is 6. The molecule has 2 aromatic heterocycles. The number of carbonyl (C=O) groups excluding carboxylic acids is 2. The number of benzene rings is 4. The van der Waals surface area contributed by atoms with Crippen LogP contribution in [-0.4, -0.2) is 107 Å². The van der Waals surface area contributed by atoms with Crippen LogP contribution in [-0.2, 0) is 9.53 Å². The van der Waals surface area contributed by atoms with Crippen molar-refractivity contribution in [1.29, 1.82) is 0 Å². The molecule has 0 unspecified atom stereocenters. The molecule has 4 aromatic carbocycles. The minimum atomic E-state index is -0.485. The van der Waals surface area contributed by atoms with Gasteiger partial charge in [0, 0.05) is 57.5 Å². The van der Waals surface area contributed by atoms with Crippen molar-refractivity contribution in [1.82, 2.24) is 30.0 Å². The number of nitrogens with one attached hydrogen (secondary N) is 3. The Morgan fingerprint density at radius 2 is 1.62 bits per heavy atom. The lowest BCUT2D eigenvalue weighted by atomic mass is 9.95. The van der Waals surface area contributed by atoms with Gasteiger partial charge in [-0.3, -0.25) is 9.59 Å². The Morgan fingerprint density at radius 1 is 0.864 bits per heavy atom. The number of ether oxygens (including phenoxy) is 3. The number of carbonyl (C=O) groups is 2. The summed E-state index contributed by atoms with van der Waals surface area (Å²) < 4.78 is 19.0. The first-order valence-corrected chi connectivity index (χ1v) is 22.0. The first-order chi connectivity index (χ1) is 31.9. The van der Waals surface area contributed by atoms with E-state index in [0.717, 1.165) is 11.4 Å². The van der Waals surface area contributed by atoms with E-state index in [1.165, 1.54) is 10.6 Å². The van der Waals surface area contributed by atoms with Crippen molar-refractivity contribution >= 4 is 46.3 Å². The second-order valence-electron chi connectivity index (χ2n) is 16.4. The zero-order valence-electron chi connectivity index (χ0n) is 37.6. The Balaban J connectivity index is 0.777. The largest absolute Gasteiger partial charge is 0.508 e. The maximum atomic E-state index is 13.2. The lowest BCUT2D eigenvalue weighted by Gasteiger charge is -2.33. The number of aromatic amines is 1. The quantitative estimate of drug-likeness (QED) is 0.0659. The molecule has 8 rings (SSSR count). The third kappa shape index (κ3) is 9.44. The molecule has 5 N–H and O–H groups in total. The molecule has 4 heterocycles. The summed E-state index contributed by atoms with van der Waals surface area (Å²) in [7, 11) is 3.61. The van der Waals surface area contributed by atoms with Crippen molar-refractivity contribution in [3.63, 3.8) is 0 Å². The van der Waals surface area contributed by atoms with Gasteiger partial charge in [0.25, 0.3) is 5.91 Å². The van der Waals surface area contributed by atoms with E-state index in [2.05, 4.69) is 30.7 Å². The number of fused-ring (bicyclic) bond motifs is 2. The lowest BCUT2D eigenvalue weighted by Crippen LogP contribution is -2.41. The molecule has 6 aromatic rings. The fraction of sp³-hybridized carbons (Fsp3) is 0.333. The molecule has 2 amide bonds. The summed E-state index contributed by atoms with van der Waals surface area (Å²) in [6.45, 7) is 8.94. The summed E-state index contributed by atoms with van der Waals surface area (Å²) >= 11 is 0. The smallest absolute Gasteiger partial charge is 0.348 e. The van der Waals surface area contributed by atoms with Gasteiger partial charge in [-0.2, -0.15) is 10.1 Å². The number of phenols is 2. The van der Waals surface area contributed by atoms with E-state index in [1.807, 2.05) is 75.2 Å². The fourth-order valence-corrected chi connectivity index (χ4v) is 8.22. The number of hydrogen-bond donors (Lipinski definition) is 5. The first-order valence-electron chi connectivity index (χ1n) is 22.0. The van der Waals surface area contributed by atoms with Crippen LogP contribution in [0.3, 0.4) is 0 Å². The van der Waals surface area contributed by atoms with Gasteiger partial charge in [-0.25, -0.2) is 19.4 Å². The van der Waals surface area contributed by atoms with Crippen LogP contribution >= 0.6 is 0 Å². The summed E-state index contributed by atoms with van der Waals surface area (Å²) in [5.41, 5.74) is 4.58. The summed E-state index contributed by atoms with van der Waals surface area (Å²) in [6, 6.07) is 23.2. The number of aromatic hydroxyl groups is 2. The summed E-state index contributed by atoms with van der Waals surface area (Å²) in [5.74, 6) is 1.89. The zero-order chi connectivity index (χ0) is 46.5. The number of aromatic nitrogens is 5. The summed E-state index contributed by atoms with van der Waals surface area (Å²) in [6.07, 6.45) is 3.05. The molecule has 0 atom stereocenters. The molecule has 66 heavy (non-hydrogen) atoms. The number of rotatable bonds is 16. The Kier molecular flexibility index (Phi) is 13.4. The average Bonchev–Trinajstić information content (AvgIpc) is 3.68. The highest BCUT2D eigenvalue weighted by molar-refractivity contribution is 6.13. The van der Waals surface area contributed by atoms with Gasteiger partial charge in [0.1, 0.15) is 35.3 Å². The number of phenolic OH excluding ortho intramolecular Hbond substituents is 2. The molecule has 0 aliphatic carbocycles. The molecule has 18 heteroatoms. The summed E-state index contributed by atoms with van der Waals surface area (Å²) in [5, 5.41) is 33.8. The number of amides is 2. The van der Waals surface area contributed by atoms with E-state index < -0.39 is 5.69 Å². The lowest BCUT2D eigenvalue weighted by molar-refractivity contribution is -0.125. The SMILES string of the molecule is CCOc1cc(N2CCC(C(=O)NCCOCCOc3ccc(-n4c(-c5cc(C(C)C)c(O)cc5O)n[nH]c4=O)cc3)CC2)ccc1Nc1ncc2c(n1)N(C)c1ccccc1C(=O)N2C. The Bertz CT molecular complexity index is 2770. The van der Waals surface area contributed by atoms with Crippen LogP contribution in [0.5, 0.6) is 23.0 Å². The van der Waals surface area contributed by atoms with Crippen LogP contribution in [0.1, 0.15) is 55.5 Å². The van der Waals surface area contributed by atoms with E-state index in [9.17, 15) is 24.6 Å². The van der Waals surface area contributed by atoms with Gasteiger partial charge in [0.15, 0.2) is 11.6 Å². The Labute approximate surface area is 381 Å². The van der Waals surface area contributed by atoms with E-state index >= 15 is 0 Å². The van der Waals surface area contributed by atoms with Crippen molar-refractivity contribution in [3.8, 4) is 40.1 Å². The van der Waals surface area contributed by atoms with E-state index in [4.69, 9.17) is 19.2 Å². The van der Waals surface area contributed by atoms with E-state index in [0.29, 0.717) is 109 Å². The van der Waals surface area contributed by atoms with E-state index in [1.54, 1.807) is 48.5 Å². The number of hydrogen-bond acceptors (Lipinski definition) is 14. The Hall–Kier alpha value is -7.60. The van der Waals surface area contributed by atoms with Gasteiger partial charge in [-0.15, -0.1) is 0 Å². The van der Waals surface area contributed by atoms with Gasteiger partial charge in [-0.1, -0.05) is 26.0 Å². The topological polar surface area (TPSA) is 213 Å². The van der Waals surface area contributed by atoms with Crippen LogP contribution in [0.2, 0.25) is 0 Å². The van der Waals surface area contributed by atoms with Crippen LogP contribution in [0.4, 0.5) is 34.5 Å². The molecule has 0 saturated carbocycles. The molecular weight excluding hydrogens is 845 g/mol. The third-order valence-corrected chi connectivity index (χ3v) is 11.8. The van der Waals surface area contributed by atoms with Crippen molar-refractivity contribution in [3.05, 3.63) is 107 Å². The Morgan fingerprint density at radius 3 is 2.38 bits per heavy atom. The number of para-hydroxylation sites is 1. The van der Waals surface area contributed by atoms with Gasteiger partial charge < -0.3 is 49.8 Å². The maximum absolute atomic E-state index is 13.2. The van der Waals surface area contributed by atoms with Gasteiger partial charge >= 0.3 is 5.69 Å². The molecule has 344 valence electrons. The highest BCUT2D eigenvalue weighted by Gasteiger charge is 2.30. The highest BCUT2D eigenvalue weighted by atomic mass is 16.5. The molecule has 1 fully saturated rings. The number of H-pyrrole nitrogens is 1. The van der Waals surface area contributed by atoms with Crippen molar-refractivity contribution in [2.24, 2.45) is 5.92 Å². The second-order valence-corrected chi connectivity index (χ2v) is 16.4. The minimum absolute atomic E-state index is 0.00969. The van der Waals surface area contributed by atoms with Gasteiger partial charge in [0.2, 0.25) is 11.9 Å². The standard InChI is InChI=1S/C48H54N10O8/c1-6-65-42-25-32(13-16-37(42)51-47-50-28-39-44(52-47)55(4)38-10-8-7-9-34(38)46(62)56(39)5)57-20-17-30(18-21-57)45(61)49-19-22-64-23-24-66-33-14-11-31(12-15-33)58-43(53-54-48(58)63)36-26-35(29(2)3)40(59)27-41(36)60/h7-16,25-30,59-60H,6,17-24H2,1-5H3,(H,49,61)(H,54,63)(H,50,51,52). The second kappa shape index (κ2) is 19.6. The molecule has 2 aliphatic heterocycles. The molecule has 0 spiro atoms. The van der Waals surface area contributed by atoms with Crippen molar-refractivity contribution in [2.75, 3.05) is 80.2 Å². The molecule has 1 saturated heterocycles. The van der Waals surface area contributed by atoms with Crippen LogP contribution < -0.4 is 40.5 Å². The van der Waals surface area contributed by atoms with Crippen molar-refractivity contribution in [2.45, 2.75) is 39.5 Å². The minimum Gasteiger partial charge on any atom is -0.508 e. The van der Waals surface area contributed by atoms with Crippen LogP contribution in [0.15, 0.2) is 89.9 Å². The predicted octanol–water partition coefficient (Wildman–Crippen LogP) is 6.48. The zero-order valence-corrected chi connectivity index (χ0v) is 37.6. The highest BCUT2D eigenvalue weighted by Crippen LogP contribution is 2.40. The third-order valence-electron chi connectivity index (χ3n) is 11.8. The van der Waals surface area contributed by atoms with Gasteiger partial charge in [-0.05, 0) is 85.8 Å². The molecular formula is C48H54N10O8. The molecule has 0 radical (unpaired) electrons. The molecule has 2 aliphatic rings. The average molecular weight is 899 g/mol. The number of nitrogens with zero attached hydrogens (tertiary/aromatic N) is 7. The fourth-order valence-electron chi connectivity index (χ4n) is 8.22. The van der Waals surface area contributed by atoms with Crippen molar-refractivity contribution < 1.29 is 34.0 Å². The predicted molar refractivity (Wildman–Crippen MR) is 251 cm³/mol. The first kappa shape index (κ1) is 45.0. The van der Waals surface area contributed by atoms with Crippen LogP contribution in [0, 0.1) is 5.92 Å². The maximum Gasteiger partial charge on any atom is 0.348 e.